The smallest absolute Gasteiger partial charge is 0.325 e. The molecule has 1 aliphatic rings. The summed E-state index contributed by atoms with van der Waals surface area (Å²) >= 11 is 5.98. The van der Waals surface area contributed by atoms with E-state index in [2.05, 4.69) is 5.32 Å². The number of hydrogen-bond donors (Lipinski definition) is 1. The van der Waals surface area contributed by atoms with Gasteiger partial charge in [0, 0.05) is 18.0 Å². The molecule has 2 amide bonds. The molecule has 6 nitrogen and oxygen atoms in total. The average molecular weight is 353 g/mol. The maximum absolute atomic E-state index is 12.6. The van der Waals surface area contributed by atoms with E-state index in [1.165, 1.54) is 0 Å². The van der Waals surface area contributed by atoms with Crippen LogP contribution in [0.3, 0.4) is 0 Å². The van der Waals surface area contributed by atoms with Crippen LogP contribution >= 0.6 is 11.6 Å². The zero-order valence-corrected chi connectivity index (χ0v) is 14.6. The van der Waals surface area contributed by atoms with Crippen LogP contribution in [-0.4, -0.2) is 41.4 Å². The summed E-state index contributed by atoms with van der Waals surface area (Å²) in [6.45, 7) is 3.75. The molecular weight excluding hydrogens is 332 g/mol. The first-order chi connectivity index (χ1) is 11.4. The molecule has 1 saturated heterocycles. The van der Waals surface area contributed by atoms with Crippen LogP contribution in [0.1, 0.15) is 32.3 Å². The molecule has 0 saturated carbocycles. The highest BCUT2D eigenvalue weighted by molar-refractivity contribution is 6.30. The van der Waals surface area contributed by atoms with Crippen molar-refractivity contribution in [2.45, 2.75) is 38.8 Å². The van der Waals surface area contributed by atoms with Gasteiger partial charge in [-0.1, -0.05) is 23.7 Å². The molecule has 1 N–H and O–H groups in total. The summed E-state index contributed by atoms with van der Waals surface area (Å²) in [4.78, 5) is 37.7. The number of ether oxygens (including phenoxy) is 1. The van der Waals surface area contributed by atoms with Crippen molar-refractivity contribution in [1.82, 2.24) is 10.2 Å². The first-order valence-corrected chi connectivity index (χ1v) is 8.23. The number of carbonyl (C=O) groups excluding carboxylic acids is 3. The van der Waals surface area contributed by atoms with E-state index in [9.17, 15) is 14.4 Å². The Kier molecular flexibility index (Phi) is 5.83. The molecule has 0 unspecified atom stereocenters. The summed E-state index contributed by atoms with van der Waals surface area (Å²) in [7, 11) is 0. The maximum atomic E-state index is 12.6. The Hall–Kier alpha value is -2.08. The number of amides is 2. The van der Waals surface area contributed by atoms with Gasteiger partial charge in [-0.25, -0.2) is 0 Å². The van der Waals surface area contributed by atoms with E-state index in [0.717, 1.165) is 5.56 Å². The molecule has 0 aromatic heterocycles. The number of likely N-dealkylation sites (tertiary alicyclic amines) is 1. The minimum absolute atomic E-state index is 0.0937. The van der Waals surface area contributed by atoms with Gasteiger partial charge < -0.3 is 15.0 Å². The predicted molar refractivity (Wildman–Crippen MR) is 89.3 cm³/mol. The fourth-order valence-corrected chi connectivity index (χ4v) is 2.98. The van der Waals surface area contributed by atoms with E-state index >= 15 is 0 Å². The third-order valence-electron chi connectivity index (χ3n) is 4.14. The minimum atomic E-state index is -0.994. The number of hydrogen-bond acceptors (Lipinski definition) is 4. The Morgan fingerprint density at radius 2 is 2.17 bits per heavy atom. The first kappa shape index (κ1) is 18.3. The van der Waals surface area contributed by atoms with E-state index in [1.807, 2.05) is 6.07 Å². The first-order valence-electron chi connectivity index (χ1n) is 7.85. The highest BCUT2D eigenvalue weighted by Gasteiger charge is 2.47. The SMILES string of the molecule is CCOC(=O)CNC(=O)[C@]1(C)CCC(=O)N1Cc1cccc(Cl)c1. The van der Waals surface area contributed by atoms with Crippen molar-refractivity contribution in [3.63, 3.8) is 0 Å². The van der Waals surface area contributed by atoms with E-state index in [4.69, 9.17) is 16.3 Å². The van der Waals surface area contributed by atoms with Gasteiger partial charge in [0.25, 0.3) is 0 Å². The molecule has 1 aliphatic heterocycles. The van der Waals surface area contributed by atoms with Crippen LogP contribution < -0.4 is 5.32 Å². The maximum Gasteiger partial charge on any atom is 0.325 e. The number of esters is 1. The molecule has 1 atom stereocenters. The monoisotopic (exact) mass is 352 g/mol. The Morgan fingerprint density at radius 1 is 1.42 bits per heavy atom. The molecular formula is C17H21ClN2O4. The van der Waals surface area contributed by atoms with Crippen LogP contribution in [0, 0.1) is 0 Å². The molecule has 0 bridgehead atoms. The Balaban J connectivity index is 2.09. The predicted octanol–water partition coefficient (Wildman–Crippen LogP) is 1.90. The number of benzene rings is 1. The average Bonchev–Trinajstić information content (AvgIpc) is 2.82. The van der Waals surface area contributed by atoms with Gasteiger partial charge in [0.15, 0.2) is 0 Å². The van der Waals surface area contributed by atoms with E-state index < -0.39 is 11.5 Å². The lowest BCUT2D eigenvalue weighted by molar-refractivity contribution is -0.146. The lowest BCUT2D eigenvalue weighted by Crippen LogP contribution is -2.54. The molecule has 0 aliphatic carbocycles. The number of halogens is 1. The van der Waals surface area contributed by atoms with Gasteiger partial charge in [-0.05, 0) is 38.0 Å². The van der Waals surface area contributed by atoms with Crippen LogP contribution in [0.2, 0.25) is 5.02 Å². The summed E-state index contributed by atoms with van der Waals surface area (Å²) in [6, 6.07) is 7.18. The highest BCUT2D eigenvalue weighted by Crippen LogP contribution is 2.32. The lowest BCUT2D eigenvalue weighted by atomic mass is 9.97. The Morgan fingerprint density at radius 3 is 2.83 bits per heavy atom. The fraction of sp³-hybridized carbons (Fsp3) is 0.471. The molecule has 0 radical (unpaired) electrons. The summed E-state index contributed by atoms with van der Waals surface area (Å²) in [5.74, 6) is -0.952. The van der Waals surface area contributed by atoms with E-state index in [-0.39, 0.29) is 25.0 Å². The second kappa shape index (κ2) is 7.66. The van der Waals surface area contributed by atoms with Crippen molar-refractivity contribution in [2.75, 3.05) is 13.2 Å². The van der Waals surface area contributed by atoms with Gasteiger partial charge in [-0.2, -0.15) is 0 Å². The summed E-state index contributed by atoms with van der Waals surface area (Å²) < 4.78 is 4.80. The van der Waals surface area contributed by atoms with E-state index in [0.29, 0.717) is 24.4 Å². The zero-order valence-electron chi connectivity index (χ0n) is 13.8. The standard InChI is InChI=1S/C17H21ClN2O4/c1-3-24-15(22)10-19-16(23)17(2)8-7-14(21)20(17)11-12-5-4-6-13(18)9-12/h4-6,9H,3,7-8,10-11H2,1-2H3,(H,19,23)/t17-/m0/s1. The van der Waals surface area contributed by atoms with Crippen molar-refractivity contribution < 1.29 is 19.1 Å². The number of carbonyl (C=O) groups is 3. The van der Waals surface area contributed by atoms with Crippen LogP contribution in [0.15, 0.2) is 24.3 Å². The van der Waals surface area contributed by atoms with Crippen LogP contribution in [0.5, 0.6) is 0 Å². The summed E-state index contributed by atoms with van der Waals surface area (Å²) in [5, 5.41) is 3.14. The van der Waals surface area contributed by atoms with Gasteiger partial charge in [0.05, 0.1) is 6.61 Å². The van der Waals surface area contributed by atoms with Gasteiger partial charge in [-0.3, -0.25) is 14.4 Å². The fourth-order valence-electron chi connectivity index (χ4n) is 2.77. The van der Waals surface area contributed by atoms with Crippen LogP contribution in [0.25, 0.3) is 0 Å². The quantitative estimate of drug-likeness (QED) is 0.793. The molecule has 7 heteroatoms. The van der Waals surface area contributed by atoms with Crippen LogP contribution in [0.4, 0.5) is 0 Å². The molecule has 24 heavy (non-hydrogen) atoms. The number of rotatable bonds is 6. The summed E-state index contributed by atoms with van der Waals surface area (Å²) in [6.07, 6.45) is 0.699. The second-order valence-electron chi connectivity index (χ2n) is 5.87. The molecule has 1 aromatic carbocycles. The number of nitrogens with zero attached hydrogens (tertiary/aromatic N) is 1. The third kappa shape index (κ3) is 4.06. The molecule has 2 rings (SSSR count). The van der Waals surface area contributed by atoms with Crippen molar-refractivity contribution in [3.8, 4) is 0 Å². The van der Waals surface area contributed by atoms with Crippen LogP contribution in [-0.2, 0) is 25.7 Å². The van der Waals surface area contributed by atoms with Crippen molar-refractivity contribution >= 4 is 29.4 Å². The second-order valence-corrected chi connectivity index (χ2v) is 6.31. The van der Waals surface area contributed by atoms with Crippen molar-refractivity contribution in [1.29, 1.82) is 0 Å². The molecule has 1 heterocycles. The van der Waals surface area contributed by atoms with Crippen molar-refractivity contribution in [3.05, 3.63) is 34.9 Å². The molecule has 0 spiro atoms. The van der Waals surface area contributed by atoms with Crippen molar-refractivity contribution in [2.24, 2.45) is 0 Å². The number of nitrogens with one attached hydrogen (secondary N) is 1. The van der Waals surface area contributed by atoms with Gasteiger partial charge in [0.2, 0.25) is 11.8 Å². The van der Waals surface area contributed by atoms with Gasteiger partial charge in [0.1, 0.15) is 12.1 Å². The van der Waals surface area contributed by atoms with E-state index in [1.54, 1.807) is 36.9 Å². The van der Waals surface area contributed by atoms with Gasteiger partial charge in [-0.15, -0.1) is 0 Å². The lowest BCUT2D eigenvalue weighted by Gasteiger charge is -2.34. The molecule has 1 fully saturated rings. The Labute approximate surface area is 146 Å². The summed E-state index contributed by atoms with van der Waals surface area (Å²) in [5.41, 5.74) is -0.145. The van der Waals surface area contributed by atoms with Gasteiger partial charge >= 0.3 is 5.97 Å². The zero-order chi connectivity index (χ0) is 17.7. The molecule has 130 valence electrons. The third-order valence-corrected chi connectivity index (χ3v) is 4.38. The minimum Gasteiger partial charge on any atom is -0.465 e. The normalized spacial score (nSPS) is 20.1. The highest BCUT2D eigenvalue weighted by atomic mass is 35.5. The largest absolute Gasteiger partial charge is 0.465 e. The molecule has 1 aromatic rings. The topological polar surface area (TPSA) is 75.7 Å². The Bertz CT molecular complexity index is 649.